The van der Waals surface area contributed by atoms with Gasteiger partial charge >= 0.3 is 0 Å². The Bertz CT molecular complexity index is 1040. The topological polar surface area (TPSA) is 147 Å². The van der Waals surface area contributed by atoms with Gasteiger partial charge in [-0.15, -0.1) is 0 Å². The van der Waals surface area contributed by atoms with E-state index in [0.29, 0.717) is 24.3 Å². The summed E-state index contributed by atoms with van der Waals surface area (Å²) in [6.45, 7) is 2.48. The second-order valence-corrected chi connectivity index (χ2v) is 10.0. The molecule has 0 spiro atoms. The predicted molar refractivity (Wildman–Crippen MR) is 123 cm³/mol. The van der Waals surface area contributed by atoms with E-state index >= 15 is 0 Å². The van der Waals surface area contributed by atoms with Crippen LogP contribution in [0.4, 0.5) is 0 Å². The molecule has 5 atom stereocenters. The number of nitrogens with two attached hydrogens (primary N) is 1. The number of Topliss-reactive ketones (excluding diaryl/α,β-unsaturated/α-hetero) is 2. The lowest BCUT2D eigenvalue weighted by molar-refractivity contribution is -0.174. The number of hydrogen-bond acceptors (Lipinski definition) is 7. The van der Waals surface area contributed by atoms with Crippen molar-refractivity contribution < 1.29 is 34.4 Å². The number of ketones is 2. The van der Waals surface area contributed by atoms with Crippen LogP contribution in [0.15, 0.2) is 17.7 Å². The molecule has 1 aromatic carbocycles. The summed E-state index contributed by atoms with van der Waals surface area (Å²) >= 11 is 2.17. The van der Waals surface area contributed by atoms with Crippen molar-refractivity contribution in [1.29, 1.82) is 0 Å². The van der Waals surface area contributed by atoms with E-state index in [1.807, 2.05) is 13.0 Å². The van der Waals surface area contributed by atoms with E-state index in [1.165, 1.54) is 0 Å². The smallest absolute Gasteiger partial charge is 0.230 e. The first-order chi connectivity index (χ1) is 15.1. The van der Waals surface area contributed by atoms with Gasteiger partial charge in [-0.3, -0.25) is 14.4 Å². The third kappa shape index (κ3) is 3.36. The molecule has 0 aromatic heterocycles. The van der Waals surface area contributed by atoms with Crippen molar-refractivity contribution in [2.24, 2.45) is 23.5 Å². The largest absolute Gasteiger partial charge is 0.507 e. The van der Waals surface area contributed by atoms with Gasteiger partial charge < -0.3 is 25.8 Å². The molecule has 1 aromatic rings. The zero-order chi connectivity index (χ0) is 23.4. The zero-order valence-corrected chi connectivity index (χ0v) is 19.8. The van der Waals surface area contributed by atoms with E-state index in [0.717, 1.165) is 22.0 Å². The lowest BCUT2D eigenvalue weighted by Gasteiger charge is -2.48. The van der Waals surface area contributed by atoms with E-state index in [1.54, 1.807) is 6.07 Å². The van der Waals surface area contributed by atoms with E-state index in [9.17, 15) is 29.7 Å². The molecule has 0 bridgehead atoms. The van der Waals surface area contributed by atoms with Crippen LogP contribution in [0.1, 0.15) is 43.7 Å². The number of fused-ring (bicyclic) bond motifs is 3. The van der Waals surface area contributed by atoms with Crippen molar-refractivity contribution in [3.63, 3.8) is 0 Å². The van der Waals surface area contributed by atoms with Gasteiger partial charge in [0.1, 0.15) is 17.4 Å². The van der Waals surface area contributed by atoms with Gasteiger partial charge in [0, 0.05) is 15.1 Å². The zero-order valence-electron chi connectivity index (χ0n) is 17.6. The van der Waals surface area contributed by atoms with Crippen LogP contribution in [0.25, 0.3) is 5.76 Å². The summed E-state index contributed by atoms with van der Waals surface area (Å²) in [6, 6.07) is 3.63. The molecule has 0 heterocycles. The van der Waals surface area contributed by atoms with Crippen LogP contribution in [0.2, 0.25) is 0 Å². The number of primary amides is 1. The van der Waals surface area contributed by atoms with E-state index in [-0.39, 0.29) is 24.2 Å². The maximum absolute atomic E-state index is 13.5. The fraction of sp³-hybridized carbons (Fsp3) is 0.522. The van der Waals surface area contributed by atoms with Crippen LogP contribution in [0, 0.1) is 21.3 Å². The first-order valence-electron chi connectivity index (χ1n) is 10.8. The highest BCUT2D eigenvalue weighted by Crippen LogP contribution is 2.51. The summed E-state index contributed by atoms with van der Waals surface area (Å²) < 4.78 is 6.78. The van der Waals surface area contributed by atoms with Gasteiger partial charge in [-0.2, -0.15) is 0 Å². The Hall–Kier alpha value is -1.98. The molecule has 3 aliphatic carbocycles. The number of carbonyl (C=O) groups is 3. The number of halogens is 1. The molecule has 32 heavy (non-hydrogen) atoms. The normalized spacial score (nSPS) is 31.6. The predicted octanol–water partition coefficient (Wildman–Crippen LogP) is 1.67. The Morgan fingerprint density at radius 2 is 2.03 bits per heavy atom. The van der Waals surface area contributed by atoms with Crippen LogP contribution in [-0.4, -0.2) is 51.1 Å². The van der Waals surface area contributed by atoms with Crippen molar-refractivity contribution in [2.75, 3.05) is 6.61 Å². The molecular weight excluding hydrogens is 529 g/mol. The monoisotopic (exact) mass is 555 g/mol. The fourth-order valence-electron chi connectivity index (χ4n) is 5.32. The summed E-state index contributed by atoms with van der Waals surface area (Å²) in [7, 11) is 0. The summed E-state index contributed by atoms with van der Waals surface area (Å²) in [5.74, 6) is -5.90. The van der Waals surface area contributed by atoms with Gasteiger partial charge in [0.2, 0.25) is 11.7 Å². The van der Waals surface area contributed by atoms with Crippen molar-refractivity contribution in [2.45, 2.75) is 50.7 Å². The SMILES string of the molecule is CCCCOc1ccc(I)c2c1C(O)=C1C(=O)[C@]3(O)C(=O)C(C(N)=O)C(O)C[C@@H]3C[C@@H]1C2. The third-order valence-corrected chi connectivity index (χ3v) is 7.96. The Labute approximate surface area is 199 Å². The molecule has 4 rings (SSSR count). The maximum atomic E-state index is 13.5. The average molecular weight is 555 g/mol. The summed E-state index contributed by atoms with van der Waals surface area (Å²) in [5.41, 5.74) is 4.01. The molecule has 3 aliphatic rings. The molecule has 0 radical (unpaired) electrons. The van der Waals surface area contributed by atoms with Crippen LogP contribution in [0.3, 0.4) is 0 Å². The number of benzene rings is 1. The Kier molecular flexibility index (Phi) is 6.10. The van der Waals surface area contributed by atoms with Crippen molar-refractivity contribution in [1.82, 2.24) is 0 Å². The number of aliphatic hydroxyl groups is 3. The molecule has 5 N–H and O–H groups in total. The van der Waals surface area contributed by atoms with Gasteiger partial charge in [0.05, 0.1) is 18.3 Å². The van der Waals surface area contributed by atoms with E-state index < -0.39 is 46.9 Å². The molecule has 9 heteroatoms. The van der Waals surface area contributed by atoms with Gasteiger partial charge in [-0.25, -0.2) is 0 Å². The second kappa shape index (κ2) is 8.42. The number of rotatable bonds is 5. The Morgan fingerprint density at radius 1 is 1.31 bits per heavy atom. The van der Waals surface area contributed by atoms with Crippen LogP contribution >= 0.6 is 22.6 Å². The quantitative estimate of drug-likeness (QED) is 0.246. The average Bonchev–Trinajstić information content (AvgIpc) is 2.72. The minimum atomic E-state index is -2.50. The number of carbonyl (C=O) groups excluding carboxylic acids is 3. The lowest BCUT2D eigenvalue weighted by Crippen LogP contribution is -2.66. The van der Waals surface area contributed by atoms with Crippen LogP contribution in [0.5, 0.6) is 5.75 Å². The molecule has 0 saturated heterocycles. The maximum Gasteiger partial charge on any atom is 0.230 e. The van der Waals surface area contributed by atoms with Gasteiger partial charge in [0.25, 0.3) is 0 Å². The molecule has 1 amide bonds. The first kappa shape index (κ1) is 23.2. The van der Waals surface area contributed by atoms with Crippen LogP contribution in [-0.2, 0) is 20.8 Å². The lowest BCUT2D eigenvalue weighted by atomic mass is 9.56. The summed E-state index contributed by atoms with van der Waals surface area (Å²) in [5, 5.41) is 32.8. The van der Waals surface area contributed by atoms with Gasteiger partial charge in [-0.1, -0.05) is 13.3 Å². The molecule has 2 unspecified atom stereocenters. The number of hydrogen-bond donors (Lipinski definition) is 4. The second-order valence-electron chi connectivity index (χ2n) is 8.84. The summed E-state index contributed by atoms with van der Waals surface area (Å²) in [4.78, 5) is 38.3. The van der Waals surface area contributed by atoms with Gasteiger partial charge in [-0.05, 0) is 71.9 Å². The molecule has 0 aliphatic heterocycles. The molecule has 8 nitrogen and oxygen atoms in total. The molecule has 172 valence electrons. The molecule has 2 saturated carbocycles. The number of amides is 1. The number of ether oxygens (including phenoxy) is 1. The van der Waals surface area contributed by atoms with E-state index in [2.05, 4.69) is 22.6 Å². The molecule has 2 fully saturated rings. The summed E-state index contributed by atoms with van der Waals surface area (Å²) in [6.07, 6.45) is 0.949. The number of aliphatic hydroxyl groups excluding tert-OH is 2. The first-order valence-corrected chi connectivity index (χ1v) is 11.9. The van der Waals surface area contributed by atoms with Crippen LogP contribution < -0.4 is 10.5 Å². The highest BCUT2D eigenvalue weighted by atomic mass is 127. The standard InChI is InChI=1S/C23H26INO7/c1-2-3-6-32-15-5-4-13(24)12-8-10-7-11-9-14(26)18(22(25)30)21(29)23(11,31)20(28)16(10)19(27)17(12)15/h4-5,10-11,14,18,26-27,31H,2-3,6-9H2,1H3,(H2,25,30)/t10-,11+,14?,18?,23+/m1/s1. The highest BCUT2D eigenvalue weighted by Gasteiger charge is 2.63. The Morgan fingerprint density at radius 3 is 2.69 bits per heavy atom. The van der Waals surface area contributed by atoms with E-state index in [4.69, 9.17) is 10.5 Å². The van der Waals surface area contributed by atoms with Gasteiger partial charge in [0.15, 0.2) is 11.4 Å². The third-order valence-electron chi connectivity index (χ3n) is 6.95. The van der Waals surface area contributed by atoms with Crippen molar-refractivity contribution >= 4 is 45.8 Å². The van der Waals surface area contributed by atoms with Crippen molar-refractivity contribution in [3.05, 3.63) is 32.4 Å². The Balaban J connectivity index is 1.82. The minimum Gasteiger partial charge on any atom is -0.507 e. The van der Waals surface area contributed by atoms with Crippen molar-refractivity contribution in [3.8, 4) is 5.75 Å². The highest BCUT2D eigenvalue weighted by molar-refractivity contribution is 14.1. The molecular formula is C23H26INO7. The minimum absolute atomic E-state index is 0.0217. The fourth-order valence-corrected chi connectivity index (χ4v) is 5.99. The number of unbranched alkanes of at least 4 members (excludes halogenated alkanes) is 1.